The number of rotatable bonds is 2. The maximum absolute atomic E-state index is 2.72. The van der Waals surface area contributed by atoms with Crippen LogP contribution in [-0.4, -0.2) is 29.3 Å². The number of piperidine rings is 1. The van der Waals surface area contributed by atoms with Gasteiger partial charge in [-0.2, -0.15) is 0 Å². The number of thioether (sulfide) groups is 1. The molecule has 0 radical (unpaired) electrons. The third kappa shape index (κ3) is 2.46. The van der Waals surface area contributed by atoms with Crippen molar-refractivity contribution in [1.29, 1.82) is 0 Å². The van der Waals surface area contributed by atoms with Gasteiger partial charge in [0, 0.05) is 22.7 Å². The van der Waals surface area contributed by atoms with Crippen LogP contribution in [0.4, 0.5) is 0 Å². The van der Waals surface area contributed by atoms with Crippen LogP contribution in [0, 0.1) is 5.92 Å². The molecule has 1 fully saturated rings. The molecule has 2 heteroatoms. The standard InChI is InChI=1S/C16H23NS/c1-12-6-5-9-17(13(12)2)11-15-10-14-7-3-4-8-16(14)18-15/h3-4,7-8,12-13,15H,5-6,9-11H2,1-2H3. The maximum Gasteiger partial charge on any atom is 0.0263 e. The molecule has 0 aromatic heterocycles. The van der Waals surface area contributed by atoms with Gasteiger partial charge in [-0.25, -0.2) is 0 Å². The van der Waals surface area contributed by atoms with Gasteiger partial charge in [0.05, 0.1) is 0 Å². The Kier molecular flexibility index (Phi) is 3.67. The number of likely N-dealkylation sites (tertiary alicyclic amines) is 1. The van der Waals surface area contributed by atoms with Crippen molar-refractivity contribution in [2.75, 3.05) is 13.1 Å². The number of nitrogens with zero attached hydrogens (tertiary/aromatic N) is 1. The second-order valence-corrected chi connectivity index (χ2v) is 7.25. The molecule has 98 valence electrons. The van der Waals surface area contributed by atoms with E-state index in [-0.39, 0.29) is 0 Å². The van der Waals surface area contributed by atoms with Crippen LogP contribution in [0.5, 0.6) is 0 Å². The summed E-state index contributed by atoms with van der Waals surface area (Å²) in [7, 11) is 0. The number of hydrogen-bond donors (Lipinski definition) is 0. The smallest absolute Gasteiger partial charge is 0.0263 e. The lowest BCUT2D eigenvalue weighted by Crippen LogP contribution is -2.45. The van der Waals surface area contributed by atoms with Crippen LogP contribution in [-0.2, 0) is 6.42 Å². The topological polar surface area (TPSA) is 3.24 Å². The van der Waals surface area contributed by atoms with Crippen molar-refractivity contribution in [3.05, 3.63) is 29.8 Å². The van der Waals surface area contributed by atoms with E-state index in [2.05, 4.69) is 54.8 Å². The summed E-state index contributed by atoms with van der Waals surface area (Å²) in [6, 6.07) is 9.68. The molecule has 2 aliphatic heterocycles. The van der Waals surface area contributed by atoms with E-state index in [4.69, 9.17) is 0 Å². The van der Waals surface area contributed by atoms with Crippen LogP contribution in [0.25, 0.3) is 0 Å². The second-order valence-electron chi connectivity index (χ2n) is 5.91. The van der Waals surface area contributed by atoms with Gasteiger partial charge < -0.3 is 0 Å². The Bertz CT molecular complexity index is 392. The van der Waals surface area contributed by atoms with Gasteiger partial charge in [0.15, 0.2) is 0 Å². The van der Waals surface area contributed by atoms with Crippen LogP contribution in [0.1, 0.15) is 32.3 Å². The zero-order chi connectivity index (χ0) is 12.5. The summed E-state index contributed by atoms with van der Waals surface area (Å²) in [5, 5.41) is 0.773. The van der Waals surface area contributed by atoms with Gasteiger partial charge in [0.1, 0.15) is 0 Å². The molecule has 0 N–H and O–H groups in total. The zero-order valence-electron chi connectivity index (χ0n) is 11.4. The van der Waals surface area contributed by atoms with Crippen molar-refractivity contribution in [2.45, 2.75) is 49.3 Å². The summed E-state index contributed by atoms with van der Waals surface area (Å²) in [6.45, 7) is 7.40. The normalized spacial score (nSPS) is 32.4. The van der Waals surface area contributed by atoms with E-state index in [1.54, 1.807) is 5.56 Å². The molecule has 0 amide bonds. The van der Waals surface area contributed by atoms with E-state index in [1.165, 1.54) is 37.2 Å². The quantitative estimate of drug-likeness (QED) is 0.796. The lowest BCUT2D eigenvalue weighted by atomic mass is 9.92. The van der Waals surface area contributed by atoms with E-state index in [1.807, 2.05) is 0 Å². The molecule has 0 spiro atoms. The van der Waals surface area contributed by atoms with E-state index in [0.29, 0.717) is 0 Å². The highest BCUT2D eigenvalue weighted by Crippen LogP contribution is 2.38. The molecule has 18 heavy (non-hydrogen) atoms. The third-order valence-corrected chi connectivity index (χ3v) is 5.96. The number of fused-ring (bicyclic) bond motifs is 1. The molecule has 2 heterocycles. The predicted molar refractivity (Wildman–Crippen MR) is 79.2 cm³/mol. The molecule has 3 unspecified atom stereocenters. The molecule has 0 aliphatic carbocycles. The van der Waals surface area contributed by atoms with E-state index >= 15 is 0 Å². The largest absolute Gasteiger partial charge is 0.299 e. The molecule has 2 aliphatic rings. The molecular weight excluding hydrogens is 238 g/mol. The van der Waals surface area contributed by atoms with Crippen molar-refractivity contribution in [3.8, 4) is 0 Å². The molecule has 1 aromatic carbocycles. The molecule has 0 saturated carbocycles. The predicted octanol–water partition coefficient (Wildman–Crippen LogP) is 3.82. The fourth-order valence-corrected chi connectivity index (χ4v) is 4.64. The lowest BCUT2D eigenvalue weighted by molar-refractivity contribution is 0.115. The van der Waals surface area contributed by atoms with Crippen molar-refractivity contribution in [2.24, 2.45) is 5.92 Å². The number of hydrogen-bond acceptors (Lipinski definition) is 2. The Balaban J connectivity index is 1.62. The SMILES string of the molecule is CC1CCCN(CC2Cc3ccccc3S2)C1C. The molecular formula is C16H23NS. The first-order chi connectivity index (χ1) is 8.74. The first-order valence-electron chi connectivity index (χ1n) is 7.22. The molecule has 0 bridgehead atoms. The molecule has 1 nitrogen and oxygen atoms in total. The highest BCUT2D eigenvalue weighted by molar-refractivity contribution is 8.00. The summed E-state index contributed by atoms with van der Waals surface area (Å²) < 4.78 is 0. The van der Waals surface area contributed by atoms with Gasteiger partial charge in [0.2, 0.25) is 0 Å². The summed E-state index contributed by atoms with van der Waals surface area (Å²) in [4.78, 5) is 4.23. The first-order valence-corrected chi connectivity index (χ1v) is 8.10. The summed E-state index contributed by atoms with van der Waals surface area (Å²) in [5.41, 5.74) is 1.56. The summed E-state index contributed by atoms with van der Waals surface area (Å²) >= 11 is 2.09. The van der Waals surface area contributed by atoms with Crippen molar-refractivity contribution in [1.82, 2.24) is 4.90 Å². The van der Waals surface area contributed by atoms with Gasteiger partial charge in [0.25, 0.3) is 0 Å². The molecule has 3 rings (SSSR count). The van der Waals surface area contributed by atoms with E-state index in [0.717, 1.165) is 17.2 Å². The Morgan fingerprint density at radius 2 is 2.11 bits per heavy atom. The Labute approximate surface area is 115 Å². The van der Waals surface area contributed by atoms with Crippen molar-refractivity contribution < 1.29 is 0 Å². The highest BCUT2D eigenvalue weighted by Gasteiger charge is 2.29. The minimum atomic E-state index is 0.767. The van der Waals surface area contributed by atoms with Crippen LogP contribution in [0.15, 0.2) is 29.2 Å². The summed E-state index contributed by atoms with van der Waals surface area (Å²) in [5.74, 6) is 0.868. The van der Waals surface area contributed by atoms with Crippen LogP contribution >= 0.6 is 11.8 Å². The van der Waals surface area contributed by atoms with Gasteiger partial charge >= 0.3 is 0 Å². The fourth-order valence-electron chi connectivity index (χ4n) is 3.30. The Morgan fingerprint density at radius 1 is 1.28 bits per heavy atom. The minimum absolute atomic E-state index is 0.767. The van der Waals surface area contributed by atoms with Crippen LogP contribution < -0.4 is 0 Å². The van der Waals surface area contributed by atoms with E-state index < -0.39 is 0 Å². The monoisotopic (exact) mass is 261 g/mol. The second kappa shape index (κ2) is 5.26. The lowest BCUT2D eigenvalue weighted by Gasteiger charge is -2.39. The van der Waals surface area contributed by atoms with Crippen molar-refractivity contribution >= 4 is 11.8 Å². The summed E-state index contributed by atoms with van der Waals surface area (Å²) in [6.07, 6.45) is 4.06. The van der Waals surface area contributed by atoms with Crippen LogP contribution in [0.2, 0.25) is 0 Å². The van der Waals surface area contributed by atoms with E-state index in [9.17, 15) is 0 Å². The Morgan fingerprint density at radius 3 is 2.94 bits per heavy atom. The first kappa shape index (κ1) is 12.6. The zero-order valence-corrected chi connectivity index (χ0v) is 12.2. The van der Waals surface area contributed by atoms with Gasteiger partial charge in [-0.3, -0.25) is 4.90 Å². The van der Waals surface area contributed by atoms with Gasteiger partial charge in [-0.05, 0) is 50.3 Å². The third-order valence-electron chi connectivity index (χ3n) is 4.66. The Hall–Kier alpha value is -0.470. The van der Waals surface area contributed by atoms with Crippen molar-refractivity contribution in [3.63, 3.8) is 0 Å². The average Bonchev–Trinajstić information content (AvgIpc) is 2.77. The average molecular weight is 261 g/mol. The minimum Gasteiger partial charge on any atom is -0.299 e. The van der Waals surface area contributed by atoms with Gasteiger partial charge in [-0.1, -0.05) is 25.1 Å². The molecule has 3 atom stereocenters. The van der Waals surface area contributed by atoms with Crippen LogP contribution in [0.3, 0.4) is 0 Å². The highest BCUT2D eigenvalue weighted by atomic mass is 32.2. The maximum atomic E-state index is 2.72. The molecule has 1 aromatic rings. The molecule has 1 saturated heterocycles. The number of benzene rings is 1. The van der Waals surface area contributed by atoms with Gasteiger partial charge in [-0.15, -0.1) is 11.8 Å². The fraction of sp³-hybridized carbons (Fsp3) is 0.625.